The normalized spacial score (nSPS) is 10.0. The average molecular weight is 264 g/mol. The smallest absolute Gasteiger partial charge is 0.251 e. The zero-order valence-corrected chi connectivity index (χ0v) is 11.4. The molecule has 0 bridgehead atoms. The van der Waals surface area contributed by atoms with Crippen molar-refractivity contribution in [1.82, 2.24) is 10.6 Å². The van der Waals surface area contributed by atoms with Gasteiger partial charge in [0.1, 0.15) is 6.61 Å². The second-order valence-electron chi connectivity index (χ2n) is 4.11. The fourth-order valence-corrected chi connectivity index (χ4v) is 1.53. The van der Waals surface area contributed by atoms with Gasteiger partial charge in [-0.2, -0.15) is 0 Å². The molecule has 0 spiro atoms. The van der Waals surface area contributed by atoms with Crippen LogP contribution < -0.4 is 10.6 Å². The van der Waals surface area contributed by atoms with Crippen LogP contribution in [0.3, 0.4) is 0 Å². The van der Waals surface area contributed by atoms with Crippen molar-refractivity contribution in [1.29, 1.82) is 0 Å². The predicted molar refractivity (Wildman–Crippen MR) is 72.8 cm³/mol. The molecule has 5 heteroatoms. The van der Waals surface area contributed by atoms with E-state index in [1.807, 2.05) is 13.0 Å². The number of hydrogen-bond donors (Lipinski definition) is 2. The molecule has 0 heterocycles. The Labute approximate surface area is 113 Å². The van der Waals surface area contributed by atoms with Crippen molar-refractivity contribution in [3.8, 4) is 0 Å². The minimum Gasteiger partial charge on any atom is -0.372 e. The molecule has 19 heavy (non-hydrogen) atoms. The zero-order chi connectivity index (χ0) is 14.1. The third kappa shape index (κ3) is 5.52. The summed E-state index contributed by atoms with van der Waals surface area (Å²) in [6.45, 7) is 3.03. The molecule has 1 aromatic rings. The van der Waals surface area contributed by atoms with Crippen molar-refractivity contribution in [3.05, 3.63) is 35.4 Å². The van der Waals surface area contributed by atoms with Crippen LogP contribution in [0.5, 0.6) is 0 Å². The largest absolute Gasteiger partial charge is 0.372 e. The van der Waals surface area contributed by atoms with Crippen molar-refractivity contribution < 1.29 is 14.3 Å². The molecule has 0 aliphatic heterocycles. The molecule has 2 amide bonds. The second-order valence-corrected chi connectivity index (χ2v) is 4.11. The topological polar surface area (TPSA) is 67.4 Å². The van der Waals surface area contributed by atoms with Crippen LogP contribution in [0.2, 0.25) is 0 Å². The third-order valence-electron chi connectivity index (χ3n) is 2.49. The van der Waals surface area contributed by atoms with Gasteiger partial charge in [-0.1, -0.05) is 19.1 Å². The molecular formula is C14H20N2O3. The van der Waals surface area contributed by atoms with Gasteiger partial charge in [0, 0.05) is 25.8 Å². The average Bonchev–Trinajstić information content (AvgIpc) is 2.45. The quantitative estimate of drug-likeness (QED) is 0.724. The Kier molecular flexibility index (Phi) is 6.60. The van der Waals surface area contributed by atoms with Gasteiger partial charge >= 0.3 is 0 Å². The number of carbonyl (C=O) groups excluding carboxylic acids is 2. The number of rotatable bonds is 7. The number of carbonyl (C=O) groups is 2. The summed E-state index contributed by atoms with van der Waals surface area (Å²) in [6.07, 6.45) is 0.890. The maximum atomic E-state index is 11.5. The van der Waals surface area contributed by atoms with Gasteiger partial charge in [-0.3, -0.25) is 9.59 Å². The molecule has 0 fully saturated rings. The van der Waals surface area contributed by atoms with E-state index in [-0.39, 0.29) is 18.4 Å². The van der Waals surface area contributed by atoms with Crippen molar-refractivity contribution >= 4 is 11.8 Å². The zero-order valence-electron chi connectivity index (χ0n) is 11.4. The van der Waals surface area contributed by atoms with Crippen molar-refractivity contribution in [2.75, 3.05) is 20.3 Å². The standard InChI is InChI=1S/C14H20N2O3/c1-3-7-19-10-13(17)16-9-11-5-4-6-12(8-11)14(18)15-2/h4-6,8H,3,7,9-10H2,1-2H3,(H,15,18)(H,16,17). The first-order valence-corrected chi connectivity index (χ1v) is 6.32. The monoisotopic (exact) mass is 264 g/mol. The lowest BCUT2D eigenvalue weighted by Gasteiger charge is -2.07. The lowest BCUT2D eigenvalue weighted by atomic mass is 10.1. The van der Waals surface area contributed by atoms with Crippen LogP contribution >= 0.6 is 0 Å². The maximum Gasteiger partial charge on any atom is 0.251 e. The first kappa shape index (κ1) is 15.2. The van der Waals surface area contributed by atoms with E-state index in [0.29, 0.717) is 18.7 Å². The summed E-state index contributed by atoms with van der Waals surface area (Å²) in [5, 5.41) is 5.31. The molecule has 2 N–H and O–H groups in total. The van der Waals surface area contributed by atoms with Crippen molar-refractivity contribution in [3.63, 3.8) is 0 Å². The number of amides is 2. The lowest BCUT2D eigenvalue weighted by molar-refractivity contribution is -0.125. The molecule has 0 saturated heterocycles. The van der Waals surface area contributed by atoms with Gasteiger partial charge < -0.3 is 15.4 Å². The highest BCUT2D eigenvalue weighted by molar-refractivity contribution is 5.94. The summed E-state index contributed by atoms with van der Waals surface area (Å²) < 4.78 is 5.14. The molecule has 0 aromatic heterocycles. The van der Waals surface area contributed by atoms with E-state index < -0.39 is 0 Å². The van der Waals surface area contributed by atoms with E-state index in [1.54, 1.807) is 25.2 Å². The van der Waals surface area contributed by atoms with Gasteiger partial charge in [0.05, 0.1) is 0 Å². The molecule has 1 rings (SSSR count). The summed E-state index contributed by atoms with van der Waals surface area (Å²) in [5.74, 6) is -0.293. The molecule has 0 unspecified atom stereocenters. The molecule has 0 aliphatic carbocycles. The minimum atomic E-state index is -0.154. The molecule has 1 aromatic carbocycles. The second kappa shape index (κ2) is 8.26. The van der Waals surface area contributed by atoms with Crippen molar-refractivity contribution in [2.45, 2.75) is 19.9 Å². The van der Waals surface area contributed by atoms with Crippen LogP contribution in [0, 0.1) is 0 Å². The van der Waals surface area contributed by atoms with Crippen LogP contribution in [-0.2, 0) is 16.1 Å². The highest BCUT2D eigenvalue weighted by Gasteiger charge is 2.05. The first-order valence-electron chi connectivity index (χ1n) is 6.32. The van der Waals surface area contributed by atoms with E-state index in [4.69, 9.17) is 4.74 Å². The predicted octanol–water partition coefficient (Wildman–Crippen LogP) is 1.09. The highest BCUT2D eigenvalue weighted by atomic mass is 16.5. The Balaban J connectivity index is 2.44. The number of nitrogens with one attached hydrogen (secondary N) is 2. The van der Waals surface area contributed by atoms with E-state index >= 15 is 0 Å². The summed E-state index contributed by atoms with van der Waals surface area (Å²) in [6, 6.07) is 7.14. The van der Waals surface area contributed by atoms with Gasteiger partial charge in [0.25, 0.3) is 5.91 Å². The molecule has 0 aliphatic rings. The van der Waals surface area contributed by atoms with Crippen LogP contribution in [0.25, 0.3) is 0 Å². The van der Waals surface area contributed by atoms with Crippen LogP contribution in [0.15, 0.2) is 24.3 Å². The van der Waals surface area contributed by atoms with Gasteiger partial charge in [0.2, 0.25) is 5.91 Å². The van der Waals surface area contributed by atoms with E-state index in [2.05, 4.69) is 10.6 Å². The van der Waals surface area contributed by atoms with Gasteiger partial charge in [0.15, 0.2) is 0 Å². The number of ether oxygens (including phenoxy) is 1. The fourth-order valence-electron chi connectivity index (χ4n) is 1.53. The summed E-state index contributed by atoms with van der Waals surface area (Å²) in [7, 11) is 1.59. The molecular weight excluding hydrogens is 244 g/mol. The Morgan fingerprint density at radius 2 is 2.11 bits per heavy atom. The Hall–Kier alpha value is -1.88. The van der Waals surface area contributed by atoms with E-state index in [9.17, 15) is 9.59 Å². The number of benzene rings is 1. The molecule has 0 saturated carbocycles. The van der Waals surface area contributed by atoms with Crippen LogP contribution in [0.4, 0.5) is 0 Å². The molecule has 104 valence electrons. The molecule has 5 nitrogen and oxygen atoms in total. The summed E-state index contributed by atoms with van der Waals surface area (Å²) >= 11 is 0. The van der Waals surface area contributed by atoms with Gasteiger partial charge in [-0.15, -0.1) is 0 Å². The highest BCUT2D eigenvalue weighted by Crippen LogP contribution is 2.05. The van der Waals surface area contributed by atoms with E-state index in [1.165, 1.54) is 0 Å². The SMILES string of the molecule is CCCOCC(=O)NCc1cccc(C(=O)NC)c1. The first-order chi connectivity index (χ1) is 9.17. The molecule has 0 atom stereocenters. The van der Waals surface area contributed by atoms with Crippen molar-refractivity contribution in [2.24, 2.45) is 0 Å². The molecule has 0 radical (unpaired) electrons. The Morgan fingerprint density at radius 3 is 2.79 bits per heavy atom. The van der Waals surface area contributed by atoms with Crippen LogP contribution in [0.1, 0.15) is 29.3 Å². The van der Waals surface area contributed by atoms with Gasteiger partial charge in [-0.05, 0) is 24.1 Å². The van der Waals surface area contributed by atoms with Crippen LogP contribution in [-0.4, -0.2) is 32.1 Å². The summed E-state index contributed by atoms with van der Waals surface area (Å²) in [5.41, 5.74) is 1.46. The minimum absolute atomic E-state index is 0.0724. The summed E-state index contributed by atoms with van der Waals surface area (Å²) in [4.78, 5) is 22.9. The Morgan fingerprint density at radius 1 is 1.32 bits per heavy atom. The maximum absolute atomic E-state index is 11.5. The fraction of sp³-hybridized carbons (Fsp3) is 0.429. The lowest BCUT2D eigenvalue weighted by Crippen LogP contribution is -2.27. The third-order valence-corrected chi connectivity index (χ3v) is 2.49. The number of hydrogen-bond acceptors (Lipinski definition) is 3. The Bertz CT molecular complexity index is 432. The van der Waals surface area contributed by atoms with E-state index in [0.717, 1.165) is 12.0 Å². The van der Waals surface area contributed by atoms with Gasteiger partial charge in [-0.25, -0.2) is 0 Å².